The molecule has 0 atom stereocenters. The molecule has 0 spiro atoms. The van der Waals surface area contributed by atoms with E-state index in [1.807, 2.05) is 0 Å². The normalized spacial score (nSPS) is 12.5. The fraction of sp³-hybridized carbons (Fsp3) is 0.364. The molecule has 0 aliphatic heterocycles. The summed E-state index contributed by atoms with van der Waals surface area (Å²) in [5, 5.41) is 8.40. The summed E-state index contributed by atoms with van der Waals surface area (Å²) in [6.45, 7) is 0. The average molecular weight is 268 g/mol. The molecule has 100 valence electrons. The molecule has 0 amide bonds. The first kappa shape index (κ1) is 14.4. The highest BCUT2D eigenvalue weighted by atomic mass is 19.4. The number of carboxylic acids is 1. The summed E-state index contributed by atoms with van der Waals surface area (Å²) in [6.07, 6.45) is -5.78. The van der Waals surface area contributed by atoms with Crippen molar-refractivity contribution in [2.24, 2.45) is 0 Å². The SMILES string of the molecule is O=C(O)CCc1ccc(C(F)(F)C(F)(F)F)cc1. The van der Waals surface area contributed by atoms with Crippen molar-refractivity contribution in [1.82, 2.24) is 0 Å². The van der Waals surface area contributed by atoms with Gasteiger partial charge in [-0.15, -0.1) is 0 Å². The molecule has 0 radical (unpaired) electrons. The standard InChI is InChI=1S/C11H9F5O2/c12-10(13,11(14,15)16)8-4-1-7(2-5-8)3-6-9(17)18/h1-2,4-5H,3,6H2,(H,17,18). The summed E-state index contributed by atoms with van der Waals surface area (Å²) in [7, 11) is 0. The van der Waals surface area contributed by atoms with Gasteiger partial charge in [0.05, 0.1) is 0 Å². The lowest BCUT2D eigenvalue weighted by atomic mass is 10.0. The van der Waals surface area contributed by atoms with E-state index in [2.05, 4.69) is 0 Å². The monoisotopic (exact) mass is 268 g/mol. The first-order chi connectivity index (χ1) is 8.14. The van der Waals surface area contributed by atoms with Crippen LogP contribution >= 0.6 is 0 Å². The Morgan fingerprint density at radius 1 is 1.06 bits per heavy atom. The van der Waals surface area contributed by atoms with Gasteiger partial charge in [-0.05, 0) is 12.0 Å². The third kappa shape index (κ3) is 3.18. The zero-order valence-electron chi connectivity index (χ0n) is 8.97. The van der Waals surface area contributed by atoms with Gasteiger partial charge in [0.25, 0.3) is 0 Å². The van der Waals surface area contributed by atoms with Gasteiger partial charge in [0.15, 0.2) is 0 Å². The Kier molecular flexibility index (Phi) is 3.93. The van der Waals surface area contributed by atoms with Crippen LogP contribution in [0.15, 0.2) is 24.3 Å². The van der Waals surface area contributed by atoms with E-state index in [4.69, 9.17) is 5.11 Å². The van der Waals surface area contributed by atoms with Crippen molar-refractivity contribution in [3.8, 4) is 0 Å². The molecule has 0 bridgehead atoms. The molecule has 1 aromatic rings. The smallest absolute Gasteiger partial charge is 0.458 e. The van der Waals surface area contributed by atoms with E-state index in [-0.39, 0.29) is 12.8 Å². The van der Waals surface area contributed by atoms with Crippen LogP contribution in [0.25, 0.3) is 0 Å². The first-order valence-electron chi connectivity index (χ1n) is 4.90. The Morgan fingerprint density at radius 3 is 1.94 bits per heavy atom. The second-order valence-corrected chi connectivity index (χ2v) is 3.66. The lowest BCUT2D eigenvalue weighted by Crippen LogP contribution is -2.33. The Labute approximate surface area is 99.0 Å². The minimum Gasteiger partial charge on any atom is -0.481 e. The van der Waals surface area contributed by atoms with Gasteiger partial charge in [-0.1, -0.05) is 24.3 Å². The van der Waals surface area contributed by atoms with E-state index in [0.29, 0.717) is 17.7 Å². The number of carboxylic acid groups (broad SMARTS) is 1. The van der Waals surface area contributed by atoms with Gasteiger partial charge < -0.3 is 5.11 Å². The van der Waals surface area contributed by atoms with Gasteiger partial charge in [0.1, 0.15) is 0 Å². The highest BCUT2D eigenvalue weighted by Crippen LogP contribution is 2.43. The molecule has 1 N–H and O–H groups in total. The summed E-state index contributed by atoms with van der Waals surface area (Å²) >= 11 is 0. The van der Waals surface area contributed by atoms with E-state index in [1.54, 1.807) is 0 Å². The summed E-state index contributed by atoms with van der Waals surface area (Å²) in [6, 6.07) is 3.45. The highest BCUT2D eigenvalue weighted by molar-refractivity contribution is 5.67. The number of hydrogen-bond acceptors (Lipinski definition) is 1. The molecule has 1 rings (SSSR count). The van der Waals surface area contributed by atoms with Crippen molar-refractivity contribution in [2.75, 3.05) is 0 Å². The zero-order valence-corrected chi connectivity index (χ0v) is 8.97. The maximum atomic E-state index is 12.9. The number of aryl methyl sites for hydroxylation is 1. The fourth-order valence-electron chi connectivity index (χ4n) is 1.30. The zero-order chi connectivity index (χ0) is 14.0. The fourth-order valence-corrected chi connectivity index (χ4v) is 1.30. The van der Waals surface area contributed by atoms with E-state index >= 15 is 0 Å². The van der Waals surface area contributed by atoms with Crippen LogP contribution in [0.5, 0.6) is 0 Å². The molecule has 7 heteroatoms. The van der Waals surface area contributed by atoms with Crippen LogP contribution < -0.4 is 0 Å². The van der Waals surface area contributed by atoms with Crippen LogP contribution in [0.2, 0.25) is 0 Å². The number of aliphatic carboxylic acids is 1. The number of rotatable bonds is 4. The average Bonchev–Trinajstić information content (AvgIpc) is 2.25. The largest absolute Gasteiger partial charge is 0.481 e. The van der Waals surface area contributed by atoms with E-state index in [9.17, 15) is 26.7 Å². The lowest BCUT2D eigenvalue weighted by molar-refractivity contribution is -0.289. The third-order valence-corrected chi connectivity index (χ3v) is 2.30. The van der Waals surface area contributed by atoms with Gasteiger partial charge in [-0.25, -0.2) is 0 Å². The molecule has 2 nitrogen and oxygen atoms in total. The van der Waals surface area contributed by atoms with Gasteiger partial charge >= 0.3 is 18.1 Å². The second kappa shape index (κ2) is 4.91. The molecule has 0 heterocycles. The number of benzene rings is 1. The van der Waals surface area contributed by atoms with Crippen LogP contribution in [-0.4, -0.2) is 17.3 Å². The first-order valence-corrected chi connectivity index (χ1v) is 4.90. The van der Waals surface area contributed by atoms with Crippen LogP contribution in [0.1, 0.15) is 17.5 Å². The second-order valence-electron chi connectivity index (χ2n) is 3.66. The van der Waals surface area contributed by atoms with E-state index in [0.717, 1.165) is 12.1 Å². The number of hydrogen-bond donors (Lipinski definition) is 1. The summed E-state index contributed by atoms with van der Waals surface area (Å²) in [4.78, 5) is 10.3. The minimum atomic E-state index is -5.64. The van der Waals surface area contributed by atoms with Gasteiger partial charge in [0.2, 0.25) is 0 Å². The van der Waals surface area contributed by atoms with Crippen molar-refractivity contribution in [2.45, 2.75) is 24.9 Å². The van der Waals surface area contributed by atoms with Gasteiger partial charge in [-0.3, -0.25) is 4.79 Å². The molecule has 0 aliphatic rings. The van der Waals surface area contributed by atoms with E-state index < -0.39 is 23.6 Å². The number of alkyl halides is 5. The van der Waals surface area contributed by atoms with Crippen LogP contribution in [0.3, 0.4) is 0 Å². The number of halogens is 5. The van der Waals surface area contributed by atoms with Crippen LogP contribution in [0.4, 0.5) is 22.0 Å². The predicted molar refractivity (Wildman–Crippen MR) is 52.3 cm³/mol. The molecule has 0 fully saturated rings. The highest BCUT2D eigenvalue weighted by Gasteiger charge is 2.58. The Balaban J connectivity index is 2.86. The topological polar surface area (TPSA) is 37.3 Å². The van der Waals surface area contributed by atoms with Crippen molar-refractivity contribution in [3.05, 3.63) is 35.4 Å². The molecule has 0 aliphatic carbocycles. The molecule has 0 saturated carbocycles. The molecule has 0 saturated heterocycles. The van der Waals surface area contributed by atoms with Crippen LogP contribution in [0, 0.1) is 0 Å². The van der Waals surface area contributed by atoms with Gasteiger partial charge in [-0.2, -0.15) is 22.0 Å². The molecule has 0 unspecified atom stereocenters. The van der Waals surface area contributed by atoms with Gasteiger partial charge in [0, 0.05) is 12.0 Å². The van der Waals surface area contributed by atoms with Crippen LogP contribution in [-0.2, 0) is 17.1 Å². The quantitative estimate of drug-likeness (QED) is 0.850. The van der Waals surface area contributed by atoms with E-state index in [1.165, 1.54) is 0 Å². The maximum absolute atomic E-state index is 12.9. The predicted octanol–water partition coefficient (Wildman–Crippen LogP) is 3.36. The molecule has 0 aromatic heterocycles. The lowest BCUT2D eigenvalue weighted by Gasteiger charge is -2.19. The molecular formula is C11H9F5O2. The summed E-state index contributed by atoms with van der Waals surface area (Å²) in [5.41, 5.74) is -0.770. The minimum absolute atomic E-state index is 0.0766. The third-order valence-electron chi connectivity index (χ3n) is 2.30. The number of carbonyl (C=O) groups is 1. The summed E-state index contributed by atoms with van der Waals surface area (Å²) < 4.78 is 61.9. The summed E-state index contributed by atoms with van der Waals surface area (Å²) in [5.74, 6) is -5.97. The van der Waals surface area contributed by atoms with Crippen molar-refractivity contribution in [3.63, 3.8) is 0 Å². The Hall–Kier alpha value is -1.66. The Morgan fingerprint density at radius 2 is 1.56 bits per heavy atom. The maximum Gasteiger partial charge on any atom is 0.458 e. The molecule has 1 aromatic carbocycles. The Bertz CT molecular complexity index is 422. The molecule has 18 heavy (non-hydrogen) atoms. The van der Waals surface area contributed by atoms with Crippen molar-refractivity contribution < 1.29 is 31.9 Å². The molecular weight excluding hydrogens is 259 g/mol. The van der Waals surface area contributed by atoms with Crippen molar-refractivity contribution >= 4 is 5.97 Å². The van der Waals surface area contributed by atoms with Crippen molar-refractivity contribution in [1.29, 1.82) is 0 Å².